The summed E-state index contributed by atoms with van der Waals surface area (Å²) in [4.78, 5) is 12.0. The van der Waals surface area contributed by atoms with Crippen molar-refractivity contribution in [2.24, 2.45) is 0 Å². The highest BCUT2D eigenvalue weighted by molar-refractivity contribution is 7.10. The molecule has 1 unspecified atom stereocenters. The number of carbonyl (C=O) groups is 1. The fourth-order valence-corrected chi connectivity index (χ4v) is 2.81. The lowest BCUT2D eigenvalue weighted by molar-refractivity contribution is -0.173. The number of thiophene rings is 1. The molecule has 23 heavy (non-hydrogen) atoms. The minimum Gasteiger partial charge on any atom is -0.497 e. The number of halogens is 2. The van der Waals surface area contributed by atoms with Crippen LogP contribution in [-0.2, 0) is 9.53 Å². The smallest absolute Gasteiger partial charge is 0.379 e. The van der Waals surface area contributed by atoms with Gasteiger partial charge in [0.15, 0.2) is 0 Å². The SMILES string of the molecule is CCOC(=O)C(F)(F)C(Nc1ccc(OC)cc1)c1cccs1. The molecule has 0 spiro atoms. The number of carbonyl (C=O) groups excluding carboxylic acids is 1. The number of hydrogen-bond donors (Lipinski definition) is 1. The summed E-state index contributed by atoms with van der Waals surface area (Å²) in [5.74, 6) is -4.62. The number of esters is 1. The molecule has 0 saturated carbocycles. The van der Waals surface area contributed by atoms with Crippen LogP contribution in [-0.4, -0.2) is 25.6 Å². The highest BCUT2D eigenvalue weighted by atomic mass is 32.1. The van der Waals surface area contributed by atoms with E-state index in [1.807, 2.05) is 0 Å². The van der Waals surface area contributed by atoms with Crippen LogP contribution in [0.1, 0.15) is 17.8 Å². The number of rotatable bonds is 7. The number of benzene rings is 1. The van der Waals surface area contributed by atoms with Crippen LogP contribution >= 0.6 is 11.3 Å². The van der Waals surface area contributed by atoms with Crippen LogP contribution in [0.3, 0.4) is 0 Å². The minimum absolute atomic E-state index is 0.103. The van der Waals surface area contributed by atoms with Gasteiger partial charge in [0.2, 0.25) is 0 Å². The van der Waals surface area contributed by atoms with Gasteiger partial charge in [-0.3, -0.25) is 0 Å². The Morgan fingerprint density at radius 3 is 2.52 bits per heavy atom. The fourth-order valence-electron chi connectivity index (χ4n) is 2.00. The van der Waals surface area contributed by atoms with Gasteiger partial charge in [0.1, 0.15) is 11.8 Å². The third-order valence-electron chi connectivity index (χ3n) is 3.14. The van der Waals surface area contributed by atoms with Crippen molar-refractivity contribution in [3.05, 3.63) is 46.7 Å². The number of hydrogen-bond acceptors (Lipinski definition) is 5. The molecule has 1 N–H and O–H groups in total. The molecule has 4 nitrogen and oxygen atoms in total. The Morgan fingerprint density at radius 2 is 2.00 bits per heavy atom. The van der Waals surface area contributed by atoms with E-state index in [9.17, 15) is 13.6 Å². The lowest BCUT2D eigenvalue weighted by Gasteiger charge is -2.26. The van der Waals surface area contributed by atoms with Crippen LogP contribution in [0.4, 0.5) is 14.5 Å². The van der Waals surface area contributed by atoms with Crippen LogP contribution < -0.4 is 10.1 Å². The molecular formula is C16H17F2NO3S. The number of alkyl halides is 2. The summed E-state index contributed by atoms with van der Waals surface area (Å²) in [7, 11) is 1.52. The van der Waals surface area contributed by atoms with Crippen molar-refractivity contribution in [2.45, 2.75) is 18.9 Å². The highest BCUT2D eigenvalue weighted by Crippen LogP contribution is 2.37. The van der Waals surface area contributed by atoms with E-state index in [0.29, 0.717) is 16.3 Å². The van der Waals surface area contributed by atoms with Crippen molar-refractivity contribution in [3.63, 3.8) is 0 Å². The molecule has 0 aliphatic carbocycles. The maximum atomic E-state index is 14.5. The summed E-state index contributed by atoms with van der Waals surface area (Å²) in [6.45, 7) is 1.39. The van der Waals surface area contributed by atoms with Crippen molar-refractivity contribution in [3.8, 4) is 5.75 Å². The average Bonchev–Trinajstić information content (AvgIpc) is 3.07. The van der Waals surface area contributed by atoms with Gasteiger partial charge in [-0.15, -0.1) is 11.3 Å². The molecule has 0 radical (unpaired) electrons. The molecule has 2 aromatic rings. The normalized spacial score (nSPS) is 12.5. The first-order valence-corrected chi connectivity index (χ1v) is 7.86. The first kappa shape index (κ1) is 17.2. The molecule has 0 aliphatic rings. The molecule has 0 aliphatic heterocycles. The second-order valence-electron chi connectivity index (χ2n) is 4.66. The maximum absolute atomic E-state index is 14.5. The number of ether oxygens (including phenoxy) is 2. The summed E-state index contributed by atoms with van der Waals surface area (Å²) in [6, 6.07) is 8.23. The Kier molecular flexibility index (Phi) is 5.54. The largest absolute Gasteiger partial charge is 0.497 e. The molecular weight excluding hydrogens is 324 g/mol. The molecule has 1 atom stereocenters. The molecule has 0 fully saturated rings. The zero-order valence-electron chi connectivity index (χ0n) is 12.7. The maximum Gasteiger partial charge on any atom is 0.379 e. The number of methoxy groups -OCH3 is 1. The summed E-state index contributed by atoms with van der Waals surface area (Å²) in [6.07, 6.45) is 0. The Labute approximate surface area is 137 Å². The van der Waals surface area contributed by atoms with E-state index in [1.54, 1.807) is 41.8 Å². The van der Waals surface area contributed by atoms with E-state index < -0.39 is 17.9 Å². The van der Waals surface area contributed by atoms with E-state index in [4.69, 9.17) is 4.74 Å². The summed E-state index contributed by atoms with van der Waals surface area (Å²) < 4.78 is 38.6. The van der Waals surface area contributed by atoms with Gasteiger partial charge >= 0.3 is 11.9 Å². The van der Waals surface area contributed by atoms with Crippen LogP contribution in [0.2, 0.25) is 0 Å². The first-order chi connectivity index (χ1) is 11.0. The van der Waals surface area contributed by atoms with Gasteiger partial charge < -0.3 is 14.8 Å². The summed E-state index contributed by atoms with van der Waals surface area (Å²) in [5, 5.41) is 4.40. The molecule has 7 heteroatoms. The summed E-state index contributed by atoms with van der Waals surface area (Å²) in [5.41, 5.74) is 0.452. The third kappa shape index (κ3) is 3.98. The van der Waals surface area contributed by atoms with Gasteiger partial charge in [-0.2, -0.15) is 8.78 Å². The second-order valence-corrected chi connectivity index (χ2v) is 5.64. The van der Waals surface area contributed by atoms with Gasteiger partial charge in [-0.05, 0) is 42.6 Å². The predicted octanol–water partition coefficient (Wildman–Crippen LogP) is 4.11. The first-order valence-electron chi connectivity index (χ1n) is 6.98. The monoisotopic (exact) mass is 341 g/mol. The Bertz CT molecular complexity index is 629. The summed E-state index contributed by atoms with van der Waals surface area (Å²) >= 11 is 1.15. The quantitative estimate of drug-likeness (QED) is 0.770. The van der Waals surface area contributed by atoms with Crippen LogP contribution in [0, 0.1) is 0 Å². The lowest BCUT2D eigenvalue weighted by Crippen LogP contribution is -2.40. The molecule has 1 aromatic heterocycles. The molecule has 0 saturated heterocycles. The van der Waals surface area contributed by atoms with Gasteiger partial charge in [0.05, 0.1) is 13.7 Å². The van der Waals surface area contributed by atoms with E-state index in [1.165, 1.54) is 14.0 Å². The predicted molar refractivity (Wildman–Crippen MR) is 85.3 cm³/mol. The highest BCUT2D eigenvalue weighted by Gasteiger charge is 2.50. The van der Waals surface area contributed by atoms with Crippen LogP contribution in [0.5, 0.6) is 5.75 Å². The molecule has 1 aromatic carbocycles. The Morgan fingerprint density at radius 1 is 1.30 bits per heavy atom. The van der Waals surface area contributed by atoms with Crippen LogP contribution in [0.25, 0.3) is 0 Å². The van der Waals surface area contributed by atoms with E-state index >= 15 is 0 Å². The van der Waals surface area contributed by atoms with Gasteiger partial charge in [-0.25, -0.2) is 4.79 Å². The number of nitrogens with one attached hydrogen (secondary N) is 1. The van der Waals surface area contributed by atoms with Crippen molar-refractivity contribution >= 4 is 23.0 Å². The van der Waals surface area contributed by atoms with E-state index in [2.05, 4.69) is 10.1 Å². The fraction of sp³-hybridized carbons (Fsp3) is 0.312. The van der Waals surface area contributed by atoms with Crippen LogP contribution in [0.15, 0.2) is 41.8 Å². The molecule has 0 amide bonds. The van der Waals surface area contributed by atoms with Gasteiger partial charge in [0.25, 0.3) is 0 Å². The van der Waals surface area contributed by atoms with E-state index in [0.717, 1.165) is 11.3 Å². The van der Waals surface area contributed by atoms with Crippen molar-refractivity contribution < 1.29 is 23.0 Å². The standard InChI is InChI=1S/C16H17F2NO3S/c1-3-22-15(20)16(17,18)14(13-5-4-10-23-13)19-11-6-8-12(21-2)9-7-11/h4-10,14,19H,3H2,1-2H3. The second kappa shape index (κ2) is 7.41. The van der Waals surface area contributed by atoms with Gasteiger partial charge in [0, 0.05) is 10.6 Å². The lowest BCUT2D eigenvalue weighted by atomic mass is 10.1. The Balaban J connectivity index is 2.29. The zero-order valence-corrected chi connectivity index (χ0v) is 13.5. The van der Waals surface area contributed by atoms with E-state index in [-0.39, 0.29) is 6.61 Å². The zero-order chi connectivity index (χ0) is 16.9. The molecule has 2 rings (SSSR count). The number of anilines is 1. The minimum atomic E-state index is -3.69. The van der Waals surface area contributed by atoms with Crippen molar-refractivity contribution in [1.82, 2.24) is 0 Å². The molecule has 124 valence electrons. The van der Waals surface area contributed by atoms with Crippen molar-refractivity contribution in [1.29, 1.82) is 0 Å². The van der Waals surface area contributed by atoms with Gasteiger partial charge in [-0.1, -0.05) is 6.07 Å². The Hall–Kier alpha value is -2.15. The van der Waals surface area contributed by atoms with Crippen molar-refractivity contribution in [2.75, 3.05) is 19.0 Å². The molecule has 1 heterocycles. The topological polar surface area (TPSA) is 47.6 Å². The third-order valence-corrected chi connectivity index (χ3v) is 4.08. The molecule has 0 bridgehead atoms. The average molecular weight is 341 g/mol.